The van der Waals surface area contributed by atoms with Gasteiger partial charge in [-0.15, -0.1) is 0 Å². The summed E-state index contributed by atoms with van der Waals surface area (Å²) in [7, 11) is -2.60. The van der Waals surface area contributed by atoms with Crippen molar-refractivity contribution < 1.29 is 17.9 Å². The first-order valence-corrected chi connectivity index (χ1v) is 7.31. The second-order valence-electron chi connectivity index (χ2n) is 4.30. The molecule has 2 rings (SSSR count). The van der Waals surface area contributed by atoms with Crippen molar-refractivity contribution in [3.8, 4) is 0 Å². The third kappa shape index (κ3) is 2.43. The molecule has 2 heterocycles. The summed E-state index contributed by atoms with van der Waals surface area (Å²) in [6.07, 6.45) is 3.08. The number of nitrogens with zero attached hydrogens (tertiary/aromatic N) is 2. The summed E-state index contributed by atoms with van der Waals surface area (Å²) in [5.74, 6) is -0.584. The van der Waals surface area contributed by atoms with Crippen molar-refractivity contribution in [2.24, 2.45) is 0 Å². The van der Waals surface area contributed by atoms with E-state index in [2.05, 4.69) is 14.9 Å². The lowest BCUT2D eigenvalue weighted by Crippen LogP contribution is -2.48. The maximum Gasteiger partial charge on any atom is 0.324 e. The molecule has 1 fully saturated rings. The van der Waals surface area contributed by atoms with Gasteiger partial charge in [0, 0.05) is 6.54 Å². The Morgan fingerprint density at radius 1 is 1.58 bits per heavy atom. The number of hydrogen-bond acceptors (Lipinski definition) is 6. The van der Waals surface area contributed by atoms with Crippen molar-refractivity contribution in [3.05, 3.63) is 6.20 Å². The summed E-state index contributed by atoms with van der Waals surface area (Å²) >= 11 is 0. The van der Waals surface area contributed by atoms with Crippen LogP contribution in [0.25, 0.3) is 0 Å². The smallest absolute Gasteiger partial charge is 0.324 e. The van der Waals surface area contributed by atoms with Crippen LogP contribution in [0.5, 0.6) is 0 Å². The number of nitrogen functional groups attached to an aromatic ring is 1. The number of esters is 1. The molecule has 1 aliphatic rings. The Balaban J connectivity index is 2.37. The molecular formula is C10H16N4O4S. The van der Waals surface area contributed by atoms with Gasteiger partial charge in [-0.2, -0.15) is 9.40 Å². The number of ether oxygens (including phenoxy) is 1. The van der Waals surface area contributed by atoms with Crippen LogP contribution in [0.2, 0.25) is 0 Å². The molecule has 0 aliphatic carbocycles. The van der Waals surface area contributed by atoms with E-state index >= 15 is 0 Å². The summed E-state index contributed by atoms with van der Waals surface area (Å²) in [4.78, 5) is 11.6. The van der Waals surface area contributed by atoms with Gasteiger partial charge in [0.05, 0.1) is 13.3 Å². The minimum atomic E-state index is -3.84. The number of carbonyl (C=O) groups excluding carboxylic acids is 1. The molecule has 0 spiro atoms. The van der Waals surface area contributed by atoms with E-state index in [-0.39, 0.29) is 17.3 Å². The quantitative estimate of drug-likeness (QED) is 0.738. The van der Waals surface area contributed by atoms with Crippen LogP contribution in [0.15, 0.2) is 11.1 Å². The Kier molecular flexibility index (Phi) is 3.76. The largest absolute Gasteiger partial charge is 0.468 e. The van der Waals surface area contributed by atoms with Crippen LogP contribution in [-0.2, 0) is 19.6 Å². The van der Waals surface area contributed by atoms with Crippen LogP contribution in [0.3, 0.4) is 0 Å². The van der Waals surface area contributed by atoms with Gasteiger partial charge in [0.25, 0.3) is 0 Å². The number of piperidine rings is 1. The molecule has 19 heavy (non-hydrogen) atoms. The van der Waals surface area contributed by atoms with E-state index in [0.717, 1.165) is 16.9 Å². The van der Waals surface area contributed by atoms with Crippen molar-refractivity contribution >= 4 is 21.8 Å². The first-order chi connectivity index (χ1) is 8.98. The molecule has 0 aromatic carbocycles. The molecule has 1 aliphatic heterocycles. The maximum absolute atomic E-state index is 12.5. The van der Waals surface area contributed by atoms with Gasteiger partial charge >= 0.3 is 5.97 Å². The van der Waals surface area contributed by atoms with E-state index in [1.54, 1.807) is 0 Å². The van der Waals surface area contributed by atoms with Gasteiger partial charge in [-0.25, -0.2) is 8.42 Å². The van der Waals surface area contributed by atoms with Gasteiger partial charge in [0.15, 0.2) is 0 Å². The zero-order valence-corrected chi connectivity index (χ0v) is 11.3. The predicted molar refractivity (Wildman–Crippen MR) is 66.5 cm³/mol. The summed E-state index contributed by atoms with van der Waals surface area (Å²) in [6.45, 7) is 0.271. The molecule has 0 bridgehead atoms. The van der Waals surface area contributed by atoms with E-state index in [1.807, 2.05) is 0 Å². The Morgan fingerprint density at radius 2 is 2.32 bits per heavy atom. The molecular weight excluding hydrogens is 272 g/mol. The van der Waals surface area contributed by atoms with Crippen LogP contribution >= 0.6 is 0 Å². The molecule has 1 atom stereocenters. The van der Waals surface area contributed by atoms with Gasteiger partial charge in [-0.3, -0.25) is 9.89 Å². The number of nitrogens with one attached hydrogen (secondary N) is 1. The summed E-state index contributed by atoms with van der Waals surface area (Å²) in [5.41, 5.74) is 5.55. The normalized spacial score (nSPS) is 21.2. The topological polar surface area (TPSA) is 118 Å². The number of aromatic nitrogens is 2. The monoisotopic (exact) mass is 288 g/mol. The second kappa shape index (κ2) is 5.17. The number of aromatic amines is 1. The lowest BCUT2D eigenvalue weighted by atomic mass is 10.1. The van der Waals surface area contributed by atoms with Gasteiger partial charge < -0.3 is 10.5 Å². The SMILES string of the molecule is COC(=O)C1CCCCN1S(=O)(=O)c1cn[nH]c1N. The standard InChI is InChI=1S/C10H16N4O4S/c1-18-10(15)7-4-2-3-5-14(7)19(16,17)8-6-12-13-9(8)11/h6-7H,2-5H2,1H3,(H3,11,12,13). The summed E-state index contributed by atoms with van der Waals surface area (Å²) in [5, 5.41) is 5.98. The first-order valence-electron chi connectivity index (χ1n) is 5.87. The molecule has 0 saturated carbocycles. The van der Waals surface area contributed by atoms with Crippen LogP contribution in [0.4, 0.5) is 5.82 Å². The number of H-pyrrole nitrogens is 1. The van der Waals surface area contributed by atoms with E-state index < -0.39 is 22.0 Å². The number of sulfonamides is 1. The van der Waals surface area contributed by atoms with Gasteiger partial charge in [0.2, 0.25) is 10.0 Å². The lowest BCUT2D eigenvalue weighted by molar-refractivity contribution is -0.146. The Labute approximate surface area is 111 Å². The number of nitrogens with two attached hydrogens (primary N) is 1. The van der Waals surface area contributed by atoms with Crippen molar-refractivity contribution in [2.45, 2.75) is 30.2 Å². The van der Waals surface area contributed by atoms with E-state index in [4.69, 9.17) is 5.73 Å². The number of methoxy groups -OCH3 is 1. The fraction of sp³-hybridized carbons (Fsp3) is 0.600. The van der Waals surface area contributed by atoms with Gasteiger partial charge in [-0.05, 0) is 19.3 Å². The number of hydrogen-bond donors (Lipinski definition) is 2. The lowest BCUT2D eigenvalue weighted by Gasteiger charge is -2.32. The molecule has 1 aromatic heterocycles. The molecule has 8 nitrogen and oxygen atoms in total. The molecule has 9 heteroatoms. The third-order valence-corrected chi connectivity index (χ3v) is 5.08. The van der Waals surface area contributed by atoms with Crippen LogP contribution in [-0.4, -0.2) is 48.6 Å². The number of carbonyl (C=O) groups is 1. The molecule has 106 valence electrons. The van der Waals surface area contributed by atoms with Crippen molar-refractivity contribution in [3.63, 3.8) is 0 Å². The van der Waals surface area contributed by atoms with Gasteiger partial charge in [-0.1, -0.05) is 0 Å². The van der Waals surface area contributed by atoms with E-state index in [1.165, 1.54) is 7.11 Å². The van der Waals surface area contributed by atoms with Crippen LogP contribution < -0.4 is 5.73 Å². The average Bonchev–Trinajstić information content (AvgIpc) is 2.85. The summed E-state index contributed by atoms with van der Waals surface area (Å²) < 4.78 is 30.8. The highest BCUT2D eigenvalue weighted by atomic mass is 32.2. The highest BCUT2D eigenvalue weighted by molar-refractivity contribution is 7.89. The number of anilines is 1. The Bertz CT molecular complexity index is 568. The maximum atomic E-state index is 12.5. The highest BCUT2D eigenvalue weighted by Crippen LogP contribution is 2.27. The van der Waals surface area contributed by atoms with Crippen molar-refractivity contribution in [1.82, 2.24) is 14.5 Å². The first kappa shape index (κ1) is 13.8. The van der Waals surface area contributed by atoms with Crippen LogP contribution in [0.1, 0.15) is 19.3 Å². The van der Waals surface area contributed by atoms with E-state index in [9.17, 15) is 13.2 Å². The Hall–Kier alpha value is -1.61. The minimum Gasteiger partial charge on any atom is -0.468 e. The van der Waals surface area contributed by atoms with Gasteiger partial charge in [0.1, 0.15) is 16.8 Å². The molecule has 1 unspecified atom stereocenters. The number of rotatable bonds is 3. The molecule has 0 radical (unpaired) electrons. The fourth-order valence-corrected chi connectivity index (χ4v) is 3.84. The predicted octanol–water partition coefficient (Wildman–Crippen LogP) is -0.292. The fourth-order valence-electron chi connectivity index (χ4n) is 2.18. The molecule has 1 aromatic rings. The average molecular weight is 288 g/mol. The van der Waals surface area contributed by atoms with Crippen molar-refractivity contribution in [1.29, 1.82) is 0 Å². The zero-order valence-electron chi connectivity index (χ0n) is 10.5. The zero-order chi connectivity index (χ0) is 14.0. The minimum absolute atomic E-state index is 0.0332. The second-order valence-corrected chi connectivity index (χ2v) is 6.16. The molecule has 0 amide bonds. The third-order valence-electron chi connectivity index (χ3n) is 3.15. The summed E-state index contributed by atoms with van der Waals surface area (Å²) in [6, 6.07) is -0.793. The van der Waals surface area contributed by atoms with E-state index in [0.29, 0.717) is 12.8 Å². The molecule has 3 N–H and O–H groups in total. The van der Waals surface area contributed by atoms with Crippen molar-refractivity contribution in [2.75, 3.05) is 19.4 Å². The molecule has 1 saturated heterocycles. The highest BCUT2D eigenvalue weighted by Gasteiger charge is 2.39. The van der Waals surface area contributed by atoms with Crippen LogP contribution in [0, 0.1) is 0 Å². The Morgan fingerprint density at radius 3 is 2.89 bits per heavy atom.